The molecule has 8 heteroatoms. The van der Waals surface area contributed by atoms with Crippen molar-refractivity contribution in [1.82, 2.24) is 4.72 Å². The summed E-state index contributed by atoms with van der Waals surface area (Å²) < 4.78 is 33.5. The van der Waals surface area contributed by atoms with E-state index in [4.69, 9.17) is 4.74 Å². The fourth-order valence-corrected chi connectivity index (χ4v) is 4.03. The van der Waals surface area contributed by atoms with E-state index in [1.807, 2.05) is 26.0 Å². The van der Waals surface area contributed by atoms with Gasteiger partial charge in [0.15, 0.2) is 0 Å². The first-order valence-electron chi connectivity index (χ1n) is 8.55. The monoisotopic (exact) mass is 392 g/mol. The van der Waals surface area contributed by atoms with Crippen molar-refractivity contribution in [3.05, 3.63) is 63.7 Å². The predicted molar refractivity (Wildman–Crippen MR) is 103 cm³/mol. The molecule has 146 valence electrons. The summed E-state index contributed by atoms with van der Waals surface area (Å²) >= 11 is 0. The molecular formula is C19H24N2O5S. The summed E-state index contributed by atoms with van der Waals surface area (Å²) in [5.74, 6) is 0.922. The molecule has 0 amide bonds. The van der Waals surface area contributed by atoms with E-state index < -0.39 is 21.0 Å². The van der Waals surface area contributed by atoms with Crippen molar-refractivity contribution in [3.8, 4) is 5.75 Å². The number of rotatable bonds is 8. The molecular weight excluding hydrogens is 368 g/mol. The maximum Gasteiger partial charge on any atom is 0.273 e. The van der Waals surface area contributed by atoms with Crippen LogP contribution in [0, 0.1) is 23.0 Å². The van der Waals surface area contributed by atoms with Crippen LogP contribution in [0.1, 0.15) is 37.4 Å². The first-order valence-corrected chi connectivity index (χ1v) is 10.0. The quantitative estimate of drug-likeness (QED) is 0.541. The number of hydrogen-bond donors (Lipinski definition) is 1. The number of sulfonamides is 1. The average molecular weight is 392 g/mol. The van der Waals surface area contributed by atoms with E-state index in [0.717, 1.165) is 11.6 Å². The van der Waals surface area contributed by atoms with Gasteiger partial charge in [-0.15, -0.1) is 0 Å². The molecule has 2 aromatic rings. The standard InChI is InChI=1S/C19H24N2O5S/c1-13(2)11-18(15-6-8-16(26-4)9-7-15)20-27(24,25)17-10-5-14(3)19(12-17)21(22)23/h5-10,12-13,18,20H,11H2,1-4H3. The van der Waals surface area contributed by atoms with Crippen molar-refractivity contribution in [2.45, 2.75) is 38.1 Å². The average Bonchev–Trinajstić information content (AvgIpc) is 2.60. The van der Waals surface area contributed by atoms with Crippen LogP contribution in [0.5, 0.6) is 5.75 Å². The molecule has 1 unspecified atom stereocenters. The number of benzene rings is 2. The number of nitro groups is 1. The van der Waals surface area contributed by atoms with Gasteiger partial charge in [-0.05, 0) is 43.0 Å². The van der Waals surface area contributed by atoms with E-state index in [2.05, 4.69) is 4.72 Å². The van der Waals surface area contributed by atoms with Gasteiger partial charge in [-0.2, -0.15) is 0 Å². The van der Waals surface area contributed by atoms with Crippen molar-refractivity contribution in [1.29, 1.82) is 0 Å². The molecule has 1 N–H and O–H groups in total. The number of aryl methyl sites for hydroxylation is 1. The second-order valence-corrected chi connectivity index (χ2v) is 8.50. The molecule has 2 rings (SSSR count). The Balaban J connectivity index is 2.37. The van der Waals surface area contributed by atoms with Gasteiger partial charge in [0.25, 0.3) is 5.69 Å². The fraction of sp³-hybridized carbons (Fsp3) is 0.368. The summed E-state index contributed by atoms with van der Waals surface area (Å²) in [4.78, 5) is 10.4. The highest BCUT2D eigenvalue weighted by Crippen LogP contribution is 2.27. The Morgan fingerprint density at radius 2 is 1.78 bits per heavy atom. The van der Waals surface area contributed by atoms with Gasteiger partial charge in [0, 0.05) is 17.7 Å². The van der Waals surface area contributed by atoms with Crippen LogP contribution in [-0.2, 0) is 10.0 Å². The molecule has 0 aliphatic carbocycles. The summed E-state index contributed by atoms with van der Waals surface area (Å²) in [5.41, 5.74) is 0.991. The third-order valence-corrected chi connectivity index (χ3v) is 5.68. The largest absolute Gasteiger partial charge is 0.497 e. The van der Waals surface area contributed by atoms with Crippen LogP contribution in [0.25, 0.3) is 0 Å². The molecule has 7 nitrogen and oxygen atoms in total. The van der Waals surface area contributed by atoms with Crippen LogP contribution in [0.2, 0.25) is 0 Å². The topological polar surface area (TPSA) is 98.5 Å². The van der Waals surface area contributed by atoms with Crippen LogP contribution >= 0.6 is 0 Å². The summed E-state index contributed by atoms with van der Waals surface area (Å²) in [6, 6.07) is 10.6. The normalized spacial score (nSPS) is 12.8. The highest BCUT2D eigenvalue weighted by molar-refractivity contribution is 7.89. The maximum absolute atomic E-state index is 12.8. The van der Waals surface area contributed by atoms with Crippen LogP contribution in [0.15, 0.2) is 47.4 Å². The molecule has 0 heterocycles. The van der Waals surface area contributed by atoms with Gasteiger partial charge in [-0.25, -0.2) is 13.1 Å². The zero-order valence-electron chi connectivity index (χ0n) is 15.8. The minimum absolute atomic E-state index is 0.123. The zero-order chi connectivity index (χ0) is 20.2. The van der Waals surface area contributed by atoms with Gasteiger partial charge in [-0.1, -0.05) is 32.0 Å². The zero-order valence-corrected chi connectivity index (χ0v) is 16.6. The van der Waals surface area contributed by atoms with Crippen molar-refractivity contribution in [2.75, 3.05) is 7.11 Å². The van der Waals surface area contributed by atoms with Crippen LogP contribution < -0.4 is 9.46 Å². The van der Waals surface area contributed by atoms with Crippen LogP contribution in [-0.4, -0.2) is 20.5 Å². The van der Waals surface area contributed by atoms with Gasteiger partial charge in [0.2, 0.25) is 10.0 Å². The van der Waals surface area contributed by atoms with Gasteiger partial charge in [0.1, 0.15) is 5.75 Å². The molecule has 1 atom stereocenters. The smallest absolute Gasteiger partial charge is 0.273 e. The SMILES string of the molecule is COc1ccc(C(CC(C)C)NS(=O)(=O)c2ccc(C)c([N+](=O)[O-])c2)cc1. The number of nitrogens with zero attached hydrogens (tertiary/aromatic N) is 1. The molecule has 0 bridgehead atoms. The van der Waals surface area contributed by atoms with Gasteiger partial charge in [-0.3, -0.25) is 10.1 Å². The second-order valence-electron chi connectivity index (χ2n) is 6.78. The Morgan fingerprint density at radius 3 is 2.30 bits per heavy atom. The lowest BCUT2D eigenvalue weighted by molar-refractivity contribution is -0.385. The summed E-state index contributed by atoms with van der Waals surface area (Å²) in [7, 11) is -2.36. The van der Waals surface area contributed by atoms with Crippen LogP contribution in [0.4, 0.5) is 5.69 Å². The van der Waals surface area contributed by atoms with Gasteiger partial charge < -0.3 is 4.74 Å². The Morgan fingerprint density at radius 1 is 1.15 bits per heavy atom. The minimum Gasteiger partial charge on any atom is -0.497 e. The Kier molecular flexibility index (Phi) is 6.56. The number of methoxy groups -OCH3 is 1. The highest BCUT2D eigenvalue weighted by Gasteiger charge is 2.24. The molecule has 0 saturated carbocycles. The third kappa shape index (κ3) is 5.27. The van der Waals surface area contributed by atoms with Gasteiger partial charge >= 0.3 is 0 Å². The summed E-state index contributed by atoms with van der Waals surface area (Å²) in [5, 5.41) is 11.1. The van der Waals surface area contributed by atoms with Crippen molar-refractivity contribution < 1.29 is 18.1 Å². The Bertz CT molecular complexity index is 908. The Hall–Kier alpha value is -2.45. The van der Waals surface area contributed by atoms with E-state index in [-0.39, 0.29) is 16.5 Å². The Labute approximate surface area is 159 Å². The first kappa shape index (κ1) is 20.9. The lowest BCUT2D eigenvalue weighted by Crippen LogP contribution is -2.29. The highest BCUT2D eigenvalue weighted by atomic mass is 32.2. The lowest BCUT2D eigenvalue weighted by Gasteiger charge is -2.21. The van der Waals surface area contributed by atoms with Gasteiger partial charge in [0.05, 0.1) is 16.9 Å². The lowest BCUT2D eigenvalue weighted by atomic mass is 9.98. The van der Waals surface area contributed by atoms with E-state index in [1.54, 1.807) is 26.2 Å². The number of ether oxygens (including phenoxy) is 1. The van der Waals surface area contributed by atoms with E-state index in [0.29, 0.717) is 17.7 Å². The first-order chi connectivity index (χ1) is 12.6. The summed E-state index contributed by atoms with van der Waals surface area (Å²) in [6.45, 7) is 5.57. The molecule has 27 heavy (non-hydrogen) atoms. The molecule has 2 aromatic carbocycles. The molecule has 0 aromatic heterocycles. The number of nitrogens with one attached hydrogen (secondary N) is 1. The molecule has 0 spiro atoms. The molecule has 0 saturated heterocycles. The fourth-order valence-electron chi connectivity index (χ4n) is 2.77. The number of nitro benzene ring substituents is 1. The van der Waals surface area contributed by atoms with Crippen molar-refractivity contribution in [3.63, 3.8) is 0 Å². The van der Waals surface area contributed by atoms with E-state index in [1.165, 1.54) is 12.1 Å². The predicted octanol–water partition coefficient (Wildman–Crippen LogP) is 3.98. The molecule has 0 aliphatic rings. The molecule has 0 radical (unpaired) electrons. The van der Waals surface area contributed by atoms with E-state index >= 15 is 0 Å². The number of hydrogen-bond acceptors (Lipinski definition) is 5. The van der Waals surface area contributed by atoms with Crippen LogP contribution in [0.3, 0.4) is 0 Å². The minimum atomic E-state index is -3.93. The third-order valence-electron chi connectivity index (χ3n) is 4.21. The molecule has 0 aliphatic heterocycles. The van der Waals surface area contributed by atoms with E-state index in [9.17, 15) is 18.5 Å². The van der Waals surface area contributed by atoms with Crippen molar-refractivity contribution in [2.24, 2.45) is 5.92 Å². The maximum atomic E-state index is 12.8. The molecule has 0 fully saturated rings. The van der Waals surface area contributed by atoms with Crippen molar-refractivity contribution >= 4 is 15.7 Å². The second kappa shape index (κ2) is 8.49. The summed E-state index contributed by atoms with van der Waals surface area (Å²) in [6.07, 6.45) is 0.583.